The van der Waals surface area contributed by atoms with E-state index in [-0.39, 0.29) is 30.4 Å². The Morgan fingerprint density at radius 2 is 1.78 bits per heavy atom. The molecule has 37 heavy (non-hydrogen) atoms. The Labute approximate surface area is 213 Å². The number of nitrogens with zero attached hydrogens (tertiary/aromatic N) is 3. The zero-order chi connectivity index (χ0) is 26.0. The summed E-state index contributed by atoms with van der Waals surface area (Å²) in [6.07, 6.45) is 5.85. The summed E-state index contributed by atoms with van der Waals surface area (Å²) in [5.74, 6) is -5.10. The molecule has 8 nitrogen and oxygen atoms in total. The Kier molecular flexibility index (Phi) is 7.41. The highest BCUT2D eigenvalue weighted by Crippen LogP contribution is 2.34. The Hall–Kier alpha value is -3.08. The minimum absolute atomic E-state index is 0.115. The average Bonchev–Trinajstić information content (AvgIpc) is 3.12. The number of hydrogen-bond acceptors (Lipinski definition) is 7. The highest BCUT2D eigenvalue weighted by molar-refractivity contribution is 5.83. The number of rotatable bonds is 8. The number of ether oxygens (including phenoxy) is 2. The van der Waals surface area contributed by atoms with E-state index >= 15 is 0 Å². The molecule has 5 rings (SSSR count). The van der Waals surface area contributed by atoms with Crippen molar-refractivity contribution in [2.75, 3.05) is 30.0 Å². The van der Waals surface area contributed by atoms with Crippen molar-refractivity contribution in [3.8, 4) is 5.88 Å². The van der Waals surface area contributed by atoms with Crippen LogP contribution in [0.15, 0.2) is 30.5 Å². The normalized spacial score (nSPS) is 25.6. The fraction of sp³-hybridized carbons (Fsp3) is 0.577. The van der Waals surface area contributed by atoms with Crippen LogP contribution in [0.3, 0.4) is 0 Å². The van der Waals surface area contributed by atoms with E-state index in [1.54, 1.807) is 0 Å². The number of morpholine rings is 1. The Bertz CT molecular complexity index is 1070. The third kappa shape index (κ3) is 6.08. The molecule has 1 saturated carbocycles. The molecule has 2 bridgehead atoms. The first kappa shape index (κ1) is 25.6. The number of carbonyl (C=O) groups is 1. The molecule has 2 saturated heterocycles. The Morgan fingerprint density at radius 3 is 2.43 bits per heavy atom. The van der Waals surface area contributed by atoms with E-state index in [1.807, 2.05) is 12.1 Å². The molecule has 1 amide bonds. The predicted molar refractivity (Wildman–Crippen MR) is 132 cm³/mol. The lowest BCUT2D eigenvalue weighted by Gasteiger charge is -2.36. The van der Waals surface area contributed by atoms with E-state index in [9.17, 15) is 18.0 Å². The maximum Gasteiger partial charge on any atom is 0.321 e. The van der Waals surface area contributed by atoms with Gasteiger partial charge in [-0.1, -0.05) is 0 Å². The maximum atomic E-state index is 14.3. The van der Waals surface area contributed by atoms with Crippen molar-refractivity contribution in [2.45, 2.75) is 69.5 Å². The predicted octanol–water partition coefficient (Wildman–Crippen LogP) is 4.44. The SMILES string of the molecule is CC(F)(F)C(=O)N[C@H]1CC[C@H](COc2nc(Nc3ccc(N4C5CCC4COC5)cc3)ncc2F)CC1. The van der Waals surface area contributed by atoms with Crippen LogP contribution < -0.4 is 20.3 Å². The van der Waals surface area contributed by atoms with Crippen molar-refractivity contribution in [1.82, 2.24) is 15.3 Å². The number of anilines is 3. The smallest absolute Gasteiger partial charge is 0.321 e. The molecule has 2 unspecified atom stereocenters. The highest BCUT2D eigenvalue weighted by atomic mass is 19.3. The quantitative estimate of drug-likeness (QED) is 0.533. The van der Waals surface area contributed by atoms with Gasteiger partial charge < -0.3 is 25.0 Å². The van der Waals surface area contributed by atoms with Crippen molar-refractivity contribution >= 4 is 23.2 Å². The lowest BCUT2D eigenvalue weighted by atomic mass is 9.86. The van der Waals surface area contributed by atoms with E-state index in [0.29, 0.717) is 44.7 Å². The molecule has 200 valence electrons. The van der Waals surface area contributed by atoms with Crippen LogP contribution in [0.1, 0.15) is 45.4 Å². The first-order valence-electron chi connectivity index (χ1n) is 12.8. The van der Waals surface area contributed by atoms with Gasteiger partial charge >= 0.3 is 5.92 Å². The van der Waals surface area contributed by atoms with Crippen LogP contribution in [-0.4, -0.2) is 59.7 Å². The third-order valence-electron chi connectivity index (χ3n) is 7.41. The molecule has 1 aromatic carbocycles. The van der Waals surface area contributed by atoms with Gasteiger partial charge in [0.25, 0.3) is 11.8 Å². The van der Waals surface area contributed by atoms with Crippen molar-refractivity contribution in [2.24, 2.45) is 5.92 Å². The molecule has 0 radical (unpaired) electrons. The number of alkyl halides is 2. The minimum Gasteiger partial charge on any atom is -0.475 e. The van der Waals surface area contributed by atoms with Gasteiger partial charge in [-0.05, 0) is 68.7 Å². The number of aromatic nitrogens is 2. The van der Waals surface area contributed by atoms with Crippen molar-refractivity contribution in [1.29, 1.82) is 0 Å². The second kappa shape index (κ2) is 10.7. The largest absolute Gasteiger partial charge is 0.475 e. The number of amides is 1. The molecule has 3 fully saturated rings. The number of benzene rings is 1. The second-order valence-corrected chi connectivity index (χ2v) is 10.2. The summed E-state index contributed by atoms with van der Waals surface area (Å²) < 4.78 is 51.8. The molecule has 1 aromatic heterocycles. The molecule has 2 atom stereocenters. The summed E-state index contributed by atoms with van der Waals surface area (Å²) >= 11 is 0. The first-order valence-corrected chi connectivity index (χ1v) is 12.8. The number of hydrogen-bond donors (Lipinski definition) is 2. The molecule has 2 N–H and O–H groups in total. The van der Waals surface area contributed by atoms with Crippen LogP contribution in [-0.2, 0) is 9.53 Å². The molecular formula is C26H32F3N5O3. The second-order valence-electron chi connectivity index (χ2n) is 10.2. The molecule has 11 heteroatoms. The molecule has 2 aromatic rings. The zero-order valence-electron chi connectivity index (χ0n) is 20.8. The van der Waals surface area contributed by atoms with E-state index in [2.05, 4.69) is 37.6 Å². The number of halogens is 3. The zero-order valence-corrected chi connectivity index (χ0v) is 20.8. The number of carbonyl (C=O) groups excluding carboxylic acids is 1. The van der Waals surface area contributed by atoms with Gasteiger partial charge in [0.15, 0.2) is 0 Å². The van der Waals surface area contributed by atoms with E-state index < -0.39 is 17.6 Å². The van der Waals surface area contributed by atoms with Crippen LogP contribution in [0, 0.1) is 11.7 Å². The summed E-state index contributed by atoms with van der Waals surface area (Å²) in [5.41, 5.74) is 1.93. The van der Waals surface area contributed by atoms with Crippen LogP contribution in [0.2, 0.25) is 0 Å². The van der Waals surface area contributed by atoms with E-state index in [1.165, 1.54) is 0 Å². The number of nitrogens with one attached hydrogen (secondary N) is 2. The van der Waals surface area contributed by atoms with Gasteiger partial charge in [-0.2, -0.15) is 18.2 Å². The minimum atomic E-state index is -3.39. The van der Waals surface area contributed by atoms with E-state index in [0.717, 1.165) is 43.6 Å². The molecular weight excluding hydrogens is 487 g/mol. The Morgan fingerprint density at radius 1 is 1.11 bits per heavy atom. The molecule has 0 spiro atoms. The topological polar surface area (TPSA) is 88.6 Å². The monoisotopic (exact) mass is 519 g/mol. The van der Waals surface area contributed by atoms with Crippen LogP contribution >= 0.6 is 0 Å². The first-order chi connectivity index (χ1) is 17.8. The lowest BCUT2D eigenvalue weighted by molar-refractivity contribution is -0.144. The van der Waals surface area contributed by atoms with Crippen molar-refractivity contribution in [3.05, 3.63) is 36.3 Å². The maximum absolute atomic E-state index is 14.3. The van der Waals surface area contributed by atoms with Gasteiger partial charge in [-0.25, -0.2) is 4.98 Å². The summed E-state index contributed by atoms with van der Waals surface area (Å²) in [4.78, 5) is 22.1. The fourth-order valence-electron chi connectivity index (χ4n) is 5.39. The summed E-state index contributed by atoms with van der Waals surface area (Å²) in [6, 6.07) is 8.57. The van der Waals surface area contributed by atoms with Gasteiger partial charge in [0, 0.05) is 24.3 Å². The lowest BCUT2D eigenvalue weighted by Crippen LogP contribution is -2.45. The van der Waals surface area contributed by atoms with Crippen molar-refractivity contribution < 1.29 is 27.4 Å². The van der Waals surface area contributed by atoms with Crippen LogP contribution in [0.25, 0.3) is 0 Å². The standard InChI is InChI=1S/C26H32F3N5O3/c1-26(28,29)24(35)31-17-4-2-16(3-5-17)13-37-23-22(27)12-30-25(33-23)32-18-6-8-19(9-7-18)34-20-10-11-21(34)15-36-14-20/h6-9,12,16-17,20-21H,2-5,10-11,13-15H2,1H3,(H,31,35)(H,30,32,33)/t16-,17-,20?,21?. The third-order valence-corrected chi connectivity index (χ3v) is 7.41. The summed E-state index contributed by atoms with van der Waals surface area (Å²) in [6.45, 7) is 2.36. The van der Waals surface area contributed by atoms with Crippen LogP contribution in [0.4, 0.5) is 30.5 Å². The van der Waals surface area contributed by atoms with Crippen LogP contribution in [0.5, 0.6) is 5.88 Å². The fourth-order valence-corrected chi connectivity index (χ4v) is 5.39. The van der Waals surface area contributed by atoms with Gasteiger partial charge in [0.2, 0.25) is 11.8 Å². The van der Waals surface area contributed by atoms with Crippen molar-refractivity contribution in [3.63, 3.8) is 0 Å². The Balaban J connectivity index is 1.13. The highest BCUT2D eigenvalue weighted by Gasteiger charge is 2.37. The van der Waals surface area contributed by atoms with Gasteiger partial charge in [0.1, 0.15) is 0 Å². The molecule has 2 aliphatic heterocycles. The average molecular weight is 520 g/mol. The van der Waals surface area contributed by atoms with Gasteiger partial charge in [-0.15, -0.1) is 0 Å². The van der Waals surface area contributed by atoms with Gasteiger partial charge in [-0.3, -0.25) is 4.79 Å². The van der Waals surface area contributed by atoms with E-state index in [4.69, 9.17) is 9.47 Å². The van der Waals surface area contributed by atoms with Gasteiger partial charge in [0.05, 0.1) is 38.1 Å². The molecule has 1 aliphatic carbocycles. The summed E-state index contributed by atoms with van der Waals surface area (Å²) in [7, 11) is 0. The number of fused-ring (bicyclic) bond motifs is 2. The summed E-state index contributed by atoms with van der Waals surface area (Å²) in [5, 5.41) is 5.50. The molecule has 3 aliphatic rings. The molecule has 3 heterocycles.